The largest absolute Gasteiger partial charge is 0.456 e. The molecule has 0 bridgehead atoms. The lowest BCUT2D eigenvalue weighted by Crippen LogP contribution is -2.29. The number of hydrogen-bond donors (Lipinski definition) is 1. The van der Waals surface area contributed by atoms with E-state index in [9.17, 15) is 4.79 Å². The molecular weight excluding hydrogens is 212 g/mol. The second kappa shape index (κ2) is 4.93. The molecule has 4 nitrogen and oxygen atoms in total. The molecule has 1 rings (SSSR count). The van der Waals surface area contributed by atoms with E-state index in [1.54, 1.807) is 26.1 Å². The third-order valence-corrected chi connectivity index (χ3v) is 2.20. The van der Waals surface area contributed by atoms with Crippen LogP contribution in [-0.4, -0.2) is 29.4 Å². The molecule has 0 saturated heterocycles. The van der Waals surface area contributed by atoms with E-state index >= 15 is 0 Å². The van der Waals surface area contributed by atoms with Gasteiger partial charge >= 0.3 is 0 Å². The highest BCUT2D eigenvalue weighted by Gasteiger charge is 2.14. The molecule has 0 aliphatic rings. The van der Waals surface area contributed by atoms with Crippen molar-refractivity contribution in [3.8, 4) is 0 Å². The van der Waals surface area contributed by atoms with E-state index in [0.717, 1.165) is 5.76 Å². The number of thiocarbonyl (C=S) groups is 1. The monoisotopic (exact) mass is 226 g/mol. The summed E-state index contributed by atoms with van der Waals surface area (Å²) in [6.45, 7) is 2.31. The fourth-order valence-corrected chi connectivity index (χ4v) is 1.21. The molecular formula is C10H14N2O2S. The van der Waals surface area contributed by atoms with Crippen LogP contribution in [0.15, 0.2) is 16.5 Å². The zero-order chi connectivity index (χ0) is 11.4. The number of amides is 1. The minimum Gasteiger partial charge on any atom is -0.456 e. The van der Waals surface area contributed by atoms with Gasteiger partial charge in [-0.15, -0.1) is 0 Å². The van der Waals surface area contributed by atoms with Crippen molar-refractivity contribution >= 4 is 23.1 Å². The van der Waals surface area contributed by atoms with Crippen molar-refractivity contribution in [3.05, 3.63) is 23.7 Å². The summed E-state index contributed by atoms with van der Waals surface area (Å²) in [6.07, 6.45) is 0.525. The van der Waals surface area contributed by atoms with Gasteiger partial charge in [-0.05, 0) is 19.1 Å². The van der Waals surface area contributed by atoms with Crippen LogP contribution in [0.5, 0.6) is 0 Å². The minimum atomic E-state index is -0.153. The van der Waals surface area contributed by atoms with Gasteiger partial charge in [0.2, 0.25) is 0 Å². The summed E-state index contributed by atoms with van der Waals surface area (Å²) in [5.74, 6) is 0.915. The zero-order valence-corrected chi connectivity index (χ0v) is 9.63. The summed E-state index contributed by atoms with van der Waals surface area (Å²) in [6, 6.07) is 3.42. The summed E-state index contributed by atoms with van der Waals surface area (Å²) in [5.41, 5.74) is 5.35. The van der Waals surface area contributed by atoms with E-state index in [2.05, 4.69) is 0 Å². The number of rotatable bonds is 4. The summed E-state index contributed by atoms with van der Waals surface area (Å²) in [4.78, 5) is 13.7. The van der Waals surface area contributed by atoms with Crippen LogP contribution in [0.25, 0.3) is 0 Å². The molecule has 1 aromatic rings. The molecule has 0 aromatic carbocycles. The van der Waals surface area contributed by atoms with Crippen LogP contribution in [0, 0.1) is 6.92 Å². The molecule has 82 valence electrons. The molecule has 1 amide bonds. The first kappa shape index (κ1) is 11.7. The fourth-order valence-electron chi connectivity index (χ4n) is 1.12. The van der Waals surface area contributed by atoms with E-state index < -0.39 is 0 Å². The third-order valence-electron chi connectivity index (χ3n) is 1.99. The predicted octanol–water partition coefficient (Wildman–Crippen LogP) is 1.34. The standard InChI is InChI=1S/C10H14N2O2S/c1-7-3-4-8(14-7)10(13)12(2)6-5-9(11)15/h3-4H,5-6H2,1-2H3,(H2,11,15). The van der Waals surface area contributed by atoms with Crippen LogP contribution in [0.3, 0.4) is 0 Å². The van der Waals surface area contributed by atoms with E-state index in [-0.39, 0.29) is 5.91 Å². The van der Waals surface area contributed by atoms with Crippen LogP contribution in [0.4, 0.5) is 0 Å². The van der Waals surface area contributed by atoms with Crippen LogP contribution in [0.2, 0.25) is 0 Å². The number of hydrogen-bond acceptors (Lipinski definition) is 3. The van der Waals surface area contributed by atoms with Crippen molar-refractivity contribution < 1.29 is 9.21 Å². The van der Waals surface area contributed by atoms with Gasteiger partial charge in [0, 0.05) is 20.0 Å². The van der Waals surface area contributed by atoms with Gasteiger partial charge in [-0.1, -0.05) is 12.2 Å². The van der Waals surface area contributed by atoms with Crippen LogP contribution in [-0.2, 0) is 0 Å². The Kier molecular flexibility index (Phi) is 3.85. The first-order chi connectivity index (χ1) is 7.00. The number of carbonyl (C=O) groups is 1. The van der Waals surface area contributed by atoms with E-state index in [1.165, 1.54) is 4.90 Å². The fraction of sp³-hybridized carbons (Fsp3) is 0.400. The van der Waals surface area contributed by atoms with Crippen LogP contribution in [0.1, 0.15) is 22.7 Å². The maximum absolute atomic E-state index is 11.7. The smallest absolute Gasteiger partial charge is 0.289 e. The highest BCUT2D eigenvalue weighted by Crippen LogP contribution is 2.08. The van der Waals surface area contributed by atoms with Gasteiger partial charge in [0.25, 0.3) is 5.91 Å². The molecule has 2 N–H and O–H groups in total. The van der Waals surface area contributed by atoms with E-state index in [0.29, 0.717) is 23.7 Å². The van der Waals surface area contributed by atoms with Gasteiger partial charge < -0.3 is 15.1 Å². The molecule has 0 fully saturated rings. The average Bonchev–Trinajstić information content (AvgIpc) is 2.60. The quantitative estimate of drug-likeness (QED) is 0.787. The highest BCUT2D eigenvalue weighted by atomic mass is 32.1. The molecule has 0 aliphatic carbocycles. The van der Waals surface area contributed by atoms with E-state index in [1.807, 2.05) is 0 Å². The normalized spacial score (nSPS) is 10.0. The molecule has 15 heavy (non-hydrogen) atoms. The van der Waals surface area contributed by atoms with Gasteiger partial charge in [-0.2, -0.15) is 0 Å². The number of carbonyl (C=O) groups excluding carboxylic acids is 1. The number of nitrogens with zero attached hydrogens (tertiary/aromatic N) is 1. The van der Waals surface area contributed by atoms with Crippen LogP contribution < -0.4 is 5.73 Å². The molecule has 0 unspecified atom stereocenters. The Hall–Kier alpha value is -1.36. The first-order valence-electron chi connectivity index (χ1n) is 4.61. The second-order valence-corrected chi connectivity index (χ2v) is 3.88. The molecule has 0 atom stereocenters. The summed E-state index contributed by atoms with van der Waals surface area (Å²) in [5, 5.41) is 0. The Morgan fingerprint density at radius 3 is 2.73 bits per heavy atom. The van der Waals surface area contributed by atoms with Gasteiger partial charge in [0.1, 0.15) is 5.76 Å². The Morgan fingerprint density at radius 1 is 1.60 bits per heavy atom. The molecule has 1 heterocycles. The summed E-state index contributed by atoms with van der Waals surface area (Å²) in [7, 11) is 1.69. The predicted molar refractivity (Wildman–Crippen MR) is 61.8 cm³/mol. The number of furan rings is 1. The Morgan fingerprint density at radius 2 is 2.27 bits per heavy atom. The molecule has 1 aromatic heterocycles. The Balaban J connectivity index is 2.57. The Labute approximate surface area is 94.0 Å². The van der Waals surface area contributed by atoms with Gasteiger partial charge in [-0.3, -0.25) is 4.79 Å². The minimum absolute atomic E-state index is 0.153. The first-order valence-corrected chi connectivity index (χ1v) is 5.01. The molecule has 0 spiro atoms. The highest BCUT2D eigenvalue weighted by molar-refractivity contribution is 7.80. The maximum atomic E-state index is 11.7. The van der Waals surface area contributed by atoms with Gasteiger partial charge in [0.05, 0.1) is 4.99 Å². The molecule has 0 saturated carbocycles. The zero-order valence-electron chi connectivity index (χ0n) is 8.82. The van der Waals surface area contributed by atoms with Crippen molar-refractivity contribution in [1.82, 2.24) is 4.90 Å². The van der Waals surface area contributed by atoms with Crippen molar-refractivity contribution in [1.29, 1.82) is 0 Å². The van der Waals surface area contributed by atoms with Gasteiger partial charge in [-0.25, -0.2) is 0 Å². The van der Waals surface area contributed by atoms with Crippen molar-refractivity contribution in [2.75, 3.05) is 13.6 Å². The lowest BCUT2D eigenvalue weighted by atomic mass is 10.3. The van der Waals surface area contributed by atoms with Gasteiger partial charge in [0.15, 0.2) is 5.76 Å². The number of nitrogens with two attached hydrogens (primary N) is 1. The second-order valence-electron chi connectivity index (χ2n) is 3.35. The number of aryl methyl sites for hydroxylation is 1. The summed E-state index contributed by atoms with van der Waals surface area (Å²) < 4.78 is 5.22. The molecule has 0 aliphatic heterocycles. The lowest BCUT2D eigenvalue weighted by Gasteiger charge is -2.14. The maximum Gasteiger partial charge on any atom is 0.289 e. The van der Waals surface area contributed by atoms with E-state index in [4.69, 9.17) is 22.4 Å². The SMILES string of the molecule is Cc1ccc(C(=O)N(C)CCC(N)=S)o1. The van der Waals surface area contributed by atoms with Crippen molar-refractivity contribution in [2.24, 2.45) is 5.73 Å². The Bertz CT molecular complexity index is 373. The van der Waals surface area contributed by atoms with Crippen LogP contribution >= 0.6 is 12.2 Å². The molecule has 5 heteroatoms. The summed E-state index contributed by atoms with van der Waals surface area (Å²) >= 11 is 4.74. The third kappa shape index (κ3) is 3.36. The lowest BCUT2D eigenvalue weighted by molar-refractivity contribution is 0.0766. The van der Waals surface area contributed by atoms with Crippen molar-refractivity contribution in [3.63, 3.8) is 0 Å². The van der Waals surface area contributed by atoms with Crippen molar-refractivity contribution in [2.45, 2.75) is 13.3 Å². The average molecular weight is 226 g/mol. The topological polar surface area (TPSA) is 59.5 Å². The molecule has 0 radical (unpaired) electrons.